The molecule has 1 heterocycles. The van der Waals surface area contributed by atoms with Gasteiger partial charge in [-0.15, -0.1) is 0 Å². The lowest BCUT2D eigenvalue weighted by Crippen LogP contribution is -2.46. The topological polar surface area (TPSA) is 47.3 Å². The predicted molar refractivity (Wildman–Crippen MR) is 82.4 cm³/mol. The number of aliphatic hydroxyl groups excluding tert-OH is 1. The van der Waals surface area contributed by atoms with Crippen molar-refractivity contribution in [2.24, 2.45) is 5.92 Å². The van der Waals surface area contributed by atoms with Gasteiger partial charge in [0, 0.05) is 11.6 Å². The Bertz CT molecular complexity index is 650. The van der Waals surface area contributed by atoms with Crippen LogP contribution in [0.2, 0.25) is 0 Å². The van der Waals surface area contributed by atoms with Crippen molar-refractivity contribution in [3.63, 3.8) is 0 Å². The van der Waals surface area contributed by atoms with Gasteiger partial charge in [-0.1, -0.05) is 55.5 Å². The molecule has 1 unspecified atom stereocenters. The first-order valence-electron chi connectivity index (χ1n) is 7.19. The molecule has 21 heavy (non-hydrogen) atoms. The quantitative estimate of drug-likeness (QED) is 0.917. The van der Waals surface area contributed by atoms with E-state index in [4.69, 9.17) is 0 Å². The van der Waals surface area contributed by atoms with Gasteiger partial charge < -0.3 is 10.0 Å². The first kappa shape index (κ1) is 13.7. The highest BCUT2D eigenvalue weighted by atomic mass is 16.3. The van der Waals surface area contributed by atoms with Crippen LogP contribution in [0.5, 0.6) is 0 Å². The Morgan fingerprint density at radius 3 is 2.24 bits per heavy atom. The van der Waals surface area contributed by atoms with Crippen LogP contribution < -0.4 is 4.90 Å². The zero-order valence-electron chi connectivity index (χ0n) is 12.0. The Labute approximate surface area is 125 Å². The van der Waals surface area contributed by atoms with Crippen molar-refractivity contribution in [2.45, 2.75) is 25.1 Å². The average molecular weight is 278 g/mol. The van der Waals surface area contributed by atoms with Crippen LogP contribution in [0.3, 0.4) is 0 Å². The molecular formula is C18H18N2O. The number of hydrogen-bond acceptors (Lipinski definition) is 3. The van der Waals surface area contributed by atoms with E-state index in [1.54, 1.807) is 0 Å². The molecule has 0 aromatic heterocycles. The largest absolute Gasteiger partial charge is 0.374 e. The van der Waals surface area contributed by atoms with Gasteiger partial charge in [-0.25, -0.2) is 0 Å². The monoisotopic (exact) mass is 278 g/mol. The molecule has 3 heteroatoms. The van der Waals surface area contributed by atoms with Crippen molar-refractivity contribution >= 4 is 5.69 Å². The molecular weight excluding hydrogens is 260 g/mol. The lowest BCUT2D eigenvalue weighted by molar-refractivity contribution is 0.177. The van der Waals surface area contributed by atoms with Crippen LogP contribution in [0.25, 0.3) is 0 Å². The van der Waals surface area contributed by atoms with Crippen molar-refractivity contribution in [1.29, 1.82) is 5.26 Å². The standard InChI is InChI=1S/C18H18N2O/c1-14-12-17(21)20(16-10-6-3-7-11-16)18(14,13-19)15-8-4-2-5-9-15/h2-11,14,17,21H,12H2,1H3/t14-,17?,18-/m0/s1. The summed E-state index contributed by atoms with van der Waals surface area (Å²) in [6.45, 7) is 2.03. The minimum Gasteiger partial charge on any atom is -0.374 e. The van der Waals surface area contributed by atoms with Crippen LogP contribution in [0.15, 0.2) is 60.7 Å². The number of anilines is 1. The smallest absolute Gasteiger partial charge is 0.158 e. The van der Waals surface area contributed by atoms with Crippen molar-refractivity contribution in [3.05, 3.63) is 66.2 Å². The van der Waals surface area contributed by atoms with Crippen molar-refractivity contribution < 1.29 is 5.11 Å². The molecule has 0 saturated carbocycles. The summed E-state index contributed by atoms with van der Waals surface area (Å²) in [5, 5.41) is 20.5. The van der Waals surface area contributed by atoms with Crippen LogP contribution >= 0.6 is 0 Å². The summed E-state index contributed by atoms with van der Waals surface area (Å²) < 4.78 is 0. The van der Waals surface area contributed by atoms with Gasteiger partial charge in [-0.05, 0) is 24.1 Å². The Kier molecular flexibility index (Phi) is 3.40. The zero-order valence-corrected chi connectivity index (χ0v) is 12.0. The predicted octanol–water partition coefficient (Wildman–Crippen LogP) is 3.27. The molecule has 1 N–H and O–H groups in total. The Hall–Kier alpha value is -2.31. The summed E-state index contributed by atoms with van der Waals surface area (Å²) in [7, 11) is 0. The van der Waals surface area contributed by atoms with Crippen LogP contribution in [-0.2, 0) is 5.54 Å². The second kappa shape index (κ2) is 5.23. The molecule has 3 rings (SSSR count). The first-order chi connectivity index (χ1) is 10.2. The number of para-hydroxylation sites is 1. The summed E-state index contributed by atoms with van der Waals surface area (Å²) in [5.41, 5.74) is 0.974. The number of benzene rings is 2. The van der Waals surface area contributed by atoms with Crippen molar-refractivity contribution in [3.8, 4) is 6.07 Å². The molecule has 0 radical (unpaired) electrons. The van der Waals surface area contributed by atoms with Gasteiger partial charge in [-0.2, -0.15) is 5.26 Å². The van der Waals surface area contributed by atoms with E-state index >= 15 is 0 Å². The van der Waals surface area contributed by atoms with E-state index in [0.29, 0.717) is 6.42 Å². The van der Waals surface area contributed by atoms with E-state index in [0.717, 1.165) is 11.3 Å². The van der Waals surface area contributed by atoms with Gasteiger partial charge in [0.05, 0.1) is 6.07 Å². The minimum atomic E-state index is -0.831. The Balaban J connectivity index is 2.19. The fourth-order valence-corrected chi connectivity index (χ4v) is 3.37. The molecule has 3 atom stereocenters. The van der Waals surface area contributed by atoms with Crippen LogP contribution in [-0.4, -0.2) is 11.3 Å². The summed E-state index contributed by atoms with van der Waals surface area (Å²) in [6.07, 6.45) is -0.0700. The molecule has 1 saturated heterocycles. The Morgan fingerprint density at radius 1 is 1.10 bits per heavy atom. The molecule has 1 aliphatic heterocycles. The summed E-state index contributed by atoms with van der Waals surface area (Å²) in [4.78, 5) is 1.85. The third kappa shape index (κ3) is 2.00. The molecule has 0 spiro atoms. The number of aliphatic hydroxyl groups is 1. The lowest BCUT2D eigenvalue weighted by Gasteiger charge is -2.38. The molecule has 3 nitrogen and oxygen atoms in total. The number of nitrogens with zero attached hydrogens (tertiary/aromatic N) is 2. The first-order valence-corrected chi connectivity index (χ1v) is 7.19. The van der Waals surface area contributed by atoms with Crippen LogP contribution in [0.1, 0.15) is 18.9 Å². The fourth-order valence-electron chi connectivity index (χ4n) is 3.37. The number of nitriles is 1. The third-order valence-electron chi connectivity index (χ3n) is 4.37. The second-order valence-electron chi connectivity index (χ2n) is 5.57. The molecule has 0 amide bonds. The molecule has 0 bridgehead atoms. The minimum absolute atomic E-state index is 0.0418. The highest BCUT2D eigenvalue weighted by Crippen LogP contribution is 2.47. The van der Waals surface area contributed by atoms with Gasteiger partial charge in [0.2, 0.25) is 0 Å². The van der Waals surface area contributed by atoms with E-state index in [1.807, 2.05) is 72.5 Å². The highest BCUT2D eigenvalue weighted by molar-refractivity contribution is 5.57. The Morgan fingerprint density at radius 2 is 1.67 bits per heavy atom. The zero-order chi connectivity index (χ0) is 14.9. The maximum Gasteiger partial charge on any atom is 0.158 e. The van der Waals surface area contributed by atoms with Crippen LogP contribution in [0, 0.1) is 17.2 Å². The summed E-state index contributed by atoms with van der Waals surface area (Å²) >= 11 is 0. The van der Waals surface area contributed by atoms with Crippen LogP contribution in [0.4, 0.5) is 5.69 Å². The van der Waals surface area contributed by atoms with Gasteiger partial charge in [0.15, 0.2) is 5.54 Å². The van der Waals surface area contributed by atoms with E-state index < -0.39 is 11.8 Å². The maximum absolute atomic E-state index is 10.5. The maximum atomic E-state index is 10.5. The second-order valence-corrected chi connectivity index (χ2v) is 5.57. The van der Waals surface area contributed by atoms with E-state index in [-0.39, 0.29) is 5.92 Å². The molecule has 0 aliphatic carbocycles. The summed E-state index contributed by atoms with van der Waals surface area (Å²) in [5.74, 6) is 0.0418. The van der Waals surface area contributed by atoms with Gasteiger partial charge in [0.1, 0.15) is 6.23 Å². The van der Waals surface area contributed by atoms with Gasteiger partial charge in [0.25, 0.3) is 0 Å². The average Bonchev–Trinajstić information content (AvgIpc) is 2.80. The van der Waals surface area contributed by atoms with E-state index in [9.17, 15) is 10.4 Å². The van der Waals surface area contributed by atoms with E-state index in [2.05, 4.69) is 6.07 Å². The molecule has 2 aromatic carbocycles. The third-order valence-corrected chi connectivity index (χ3v) is 4.37. The molecule has 2 aromatic rings. The highest BCUT2D eigenvalue weighted by Gasteiger charge is 2.52. The fraction of sp³-hybridized carbons (Fsp3) is 0.278. The van der Waals surface area contributed by atoms with Crippen molar-refractivity contribution in [2.75, 3.05) is 4.90 Å². The van der Waals surface area contributed by atoms with Gasteiger partial charge >= 0.3 is 0 Å². The number of hydrogen-bond donors (Lipinski definition) is 1. The molecule has 1 fully saturated rings. The van der Waals surface area contributed by atoms with Gasteiger partial charge in [-0.3, -0.25) is 0 Å². The normalized spacial score (nSPS) is 28.3. The van der Waals surface area contributed by atoms with Crippen molar-refractivity contribution in [1.82, 2.24) is 0 Å². The number of rotatable bonds is 2. The molecule has 1 aliphatic rings. The SMILES string of the molecule is C[C@H]1CC(O)N(c2ccccc2)[C@]1(C#N)c1ccccc1. The summed E-state index contributed by atoms with van der Waals surface area (Å²) in [6, 6.07) is 21.9. The molecule has 106 valence electrons. The van der Waals surface area contributed by atoms with E-state index in [1.165, 1.54) is 0 Å². The lowest BCUT2D eigenvalue weighted by atomic mass is 9.80.